The summed E-state index contributed by atoms with van der Waals surface area (Å²) in [6.07, 6.45) is 0.491. The molecule has 0 aliphatic carbocycles. The molecule has 14 heteroatoms. The van der Waals surface area contributed by atoms with Gasteiger partial charge >= 0.3 is 5.97 Å². The van der Waals surface area contributed by atoms with E-state index in [-0.39, 0.29) is 18.7 Å². The second-order valence-corrected chi connectivity index (χ2v) is 14.0. The highest BCUT2D eigenvalue weighted by Crippen LogP contribution is 2.01. The molecule has 0 unspecified atom stereocenters. The van der Waals surface area contributed by atoms with Crippen LogP contribution >= 0.6 is 0 Å². The number of rotatable bonds is 32. The molecule has 0 rings (SSSR count). The quantitative estimate of drug-likeness (QED) is 0.0849. The van der Waals surface area contributed by atoms with Crippen LogP contribution in [0.1, 0.15) is 19.3 Å². The lowest BCUT2D eigenvalue weighted by Gasteiger charge is -2.16. The topological polar surface area (TPSA) is 149 Å². The summed E-state index contributed by atoms with van der Waals surface area (Å²) in [5, 5.41) is 11.2. The summed E-state index contributed by atoms with van der Waals surface area (Å²) in [7, 11) is -1.45. The smallest absolute Gasteiger partial charge is 0.303 e. The predicted octanol–water partition coefficient (Wildman–Crippen LogP) is 1.34. The number of ether oxygens (including phenoxy) is 8. The second kappa shape index (κ2) is 29.3. The average Bonchev–Trinajstić information content (AvgIpc) is 2.90. The molecule has 0 aromatic rings. The molecular weight excluding hydrogens is 546 g/mol. The second-order valence-electron chi connectivity index (χ2n) is 9.46. The van der Waals surface area contributed by atoms with Crippen LogP contribution in [0.3, 0.4) is 0 Å². The number of nitrogens with one attached hydrogen (secondary N) is 1. The predicted molar refractivity (Wildman–Crippen MR) is 150 cm³/mol. The summed E-state index contributed by atoms with van der Waals surface area (Å²) in [6.45, 7) is 15.6. The molecule has 0 saturated carbocycles. The van der Waals surface area contributed by atoms with E-state index in [0.717, 1.165) is 0 Å². The Labute approximate surface area is 240 Å². The maximum Gasteiger partial charge on any atom is 0.303 e. The SMILES string of the molecule is C[Si](C)(C)OCCOCCOCCOCCOCCOCCOCCOCCOCCCNC(=O)CCC(=O)O. The number of hydrogen-bond acceptors (Lipinski definition) is 11. The molecule has 0 aliphatic rings. The third-order valence-corrected chi connectivity index (χ3v) is 5.79. The van der Waals surface area contributed by atoms with Crippen LogP contribution in [0.5, 0.6) is 0 Å². The van der Waals surface area contributed by atoms with Crippen LogP contribution in [0, 0.1) is 0 Å². The molecule has 0 heterocycles. The van der Waals surface area contributed by atoms with Gasteiger partial charge in [-0.2, -0.15) is 0 Å². The summed E-state index contributed by atoms with van der Waals surface area (Å²) in [5.41, 5.74) is 0. The summed E-state index contributed by atoms with van der Waals surface area (Å²) < 4.78 is 49.2. The highest BCUT2D eigenvalue weighted by Gasteiger charge is 2.13. The van der Waals surface area contributed by atoms with E-state index in [1.165, 1.54) is 0 Å². The number of carbonyl (C=O) groups is 2. The Kier molecular flexibility index (Phi) is 28.4. The number of carboxylic acids is 1. The number of carboxylic acid groups (broad SMARTS) is 1. The van der Waals surface area contributed by atoms with Gasteiger partial charge in [0.15, 0.2) is 8.32 Å². The third-order valence-electron chi connectivity index (χ3n) is 4.72. The van der Waals surface area contributed by atoms with Gasteiger partial charge in [-0.3, -0.25) is 9.59 Å². The van der Waals surface area contributed by atoms with Crippen molar-refractivity contribution in [3.8, 4) is 0 Å². The van der Waals surface area contributed by atoms with Crippen molar-refractivity contribution >= 4 is 20.2 Å². The molecule has 0 aromatic carbocycles. The Hall–Kier alpha value is -1.20. The molecule has 1 amide bonds. The molecular formula is C26H53NO12Si. The number of amides is 1. The first-order chi connectivity index (χ1) is 19.3. The minimum Gasteiger partial charge on any atom is -0.481 e. The molecule has 238 valence electrons. The van der Waals surface area contributed by atoms with Gasteiger partial charge in [-0.15, -0.1) is 0 Å². The molecule has 13 nitrogen and oxygen atoms in total. The number of carbonyl (C=O) groups excluding carboxylic acids is 1. The first-order valence-electron chi connectivity index (χ1n) is 14.1. The van der Waals surface area contributed by atoms with Gasteiger partial charge in [-0.1, -0.05) is 0 Å². The molecule has 2 N–H and O–H groups in total. The van der Waals surface area contributed by atoms with Crippen molar-refractivity contribution in [2.24, 2.45) is 0 Å². The van der Waals surface area contributed by atoms with Gasteiger partial charge < -0.3 is 52.7 Å². The van der Waals surface area contributed by atoms with Gasteiger partial charge in [-0.05, 0) is 26.1 Å². The minimum atomic E-state index is -1.45. The lowest BCUT2D eigenvalue weighted by atomic mass is 10.3. The van der Waals surface area contributed by atoms with Crippen molar-refractivity contribution < 1.29 is 57.0 Å². The zero-order valence-electron chi connectivity index (χ0n) is 24.8. The summed E-state index contributed by atoms with van der Waals surface area (Å²) in [6, 6.07) is 0. The van der Waals surface area contributed by atoms with Crippen LogP contribution in [0.15, 0.2) is 0 Å². The maximum absolute atomic E-state index is 11.3. The van der Waals surface area contributed by atoms with Gasteiger partial charge in [0.05, 0.1) is 112 Å². The molecule has 0 aromatic heterocycles. The minimum absolute atomic E-state index is 0.00597. The first-order valence-corrected chi connectivity index (χ1v) is 17.5. The fraction of sp³-hybridized carbons (Fsp3) is 0.923. The lowest BCUT2D eigenvalue weighted by Crippen LogP contribution is -2.27. The van der Waals surface area contributed by atoms with Crippen molar-refractivity contribution in [2.75, 3.05) is 119 Å². The summed E-state index contributed by atoms with van der Waals surface area (Å²) >= 11 is 0. The molecule has 0 radical (unpaired) electrons. The number of aliphatic carboxylic acids is 1. The molecule has 0 atom stereocenters. The van der Waals surface area contributed by atoms with E-state index in [0.29, 0.717) is 125 Å². The Morgan fingerprint density at radius 1 is 0.525 bits per heavy atom. The van der Waals surface area contributed by atoms with E-state index in [4.69, 9.17) is 47.4 Å². The fourth-order valence-electron chi connectivity index (χ4n) is 2.76. The van der Waals surface area contributed by atoms with E-state index in [9.17, 15) is 9.59 Å². The standard InChI is InChI=1S/C26H53NO12Si/c1-40(2,3)39-24-23-38-22-21-37-20-19-36-18-17-35-16-15-34-14-13-33-12-11-32-10-9-31-8-4-7-27-25(28)5-6-26(29)30/h4-24H2,1-3H3,(H,27,28)(H,29,30). The van der Waals surface area contributed by atoms with Crippen LogP contribution in [0.2, 0.25) is 19.6 Å². The van der Waals surface area contributed by atoms with Gasteiger partial charge in [0.1, 0.15) is 0 Å². The monoisotopic (exact) mass is 599 g/mol. The molecule has 0 fully saturated rings. The van der Waals surface area contributed by atoms with Crippen LogP contribution in [0.4, 0.5) is 0 Å². The van der Waals surface area contributed by atoms with Gasteiger partial charge in [-0.25, -0.2) is 0 Å². The van der Waals surface area contributed by atoms with Crippen molar-refractivity contribution in [2.45, 2.75) is 38.9 Å². The normalized spacial score (nSPS) is 11.7. The van der Waals surface area contributed by atoms with Crippen molar-refractivity contribution in [1.82, 2.24) is 5.32 Å². The Bertz CT molecular complexity index is 580. The van der Waals surface area contributed by atoms with Gasteiger partial charge in [0.25, 0.3) is 0 Å². The van der Waals surface area contributed by atoms with E-state index in [2.05, 4.69) is 25.0 Å². The van der Waals surface area contributed by atoms with E-state index in [1.807, 2.05) is 0 Å². The molecule has 0 spiro atoms. The average molecular weight is 600 g/mol. The molecule has 40 heavy (non-hydrogen) atoms. The Morgan fingerprint density at radius 3 is 1.18 bits per heavy atom. The highest BCUT2D eigenvalue weighted by molar-refractivity contribution is 6.69. The number of hydrogen-bond donors (Lipinski definition) is 2. The van der Waals surface area contributed by atoms with Gasteiger partial charge in [0, 0.05) is 19.6 Å². The fourth-order valence-corrected chi connectivity index (χ4v) is 3.45. The largest absolute Gasteiger partial charge is 0.481 e. The van der Waals surface area contributed by atoms with Crippen LogP contribution in [-0.2, 0) is 51.9 Å². The van der Waals surface area contributed by atoms with Crippen LogP contribution in [0.25, 0.3) is 0 Å². The van der Waals surface area contributed by atoms with Gasteiger partial charge in [0.2, 0.25) is 5.91 Å². The summed E-state index contributed by atoms with van der Waals surface area (Å²) in [4.78, 5) is 21.7. The molecule has 0 bridgehead atoms. The Balaban J connectivity index is 3.10. The van der Waals surface area contributed by atoms with Crippen LogP contribution < -0.4 is 5.32 Å². The van der Waals surface area contributed by atoms with Crippen molar-refractivity contribution in [3.63, 3.8) is 0 Å². The summed E-state index contributed by atoms with van der Waals surface area (Å²) in [5.74, 6) is -1.24. The van der Waals surface area contributed by atoms with E-state index < -0.39 is 14.3 Å². The maximum atomic E-state index is 11.3. The van der Waals surface area contributed by atoms with Crippen LogP contribution in [-0.4, -0.2) is 144 Å². The highest BCUT2D eigenvalue weighted by atomic mass is 28.4. The van der Waals surface area contributed by atoms with E-state index >= 15 is 0 Å². The van der Waals surface area contributed by atoms with E-state index in [1.54, 1.807) is 0 Å². The zero-order valence-corrected chi connectivity index (χ0v) is 25.8. The zero-order chi connectivity index (χ0) is 29.6. The Morgan fingerprint density at radius 2 is 0.850 bits per heavy atom. The molecule has 0 aliphatic heterocycles. The first kappa shape index (κ1) is 38.8. The van der Waals surface area contributed by atoms with Crippen molar-refractivity contribution in [3.05, 3.63) is 0 Å². The lowest BCUT2D eigenvalue weighted by molar-refractivity contribution is -0.138. The van der Waals surface area contributed by atoms with Crippen molar-refractivity contribution in [1.29, 1.82) is 0 Å². The third kappa shape index (κ3) is 34.8. The molecule has 0 saturated heterocycles.